The van der Waals surface area contributed by atoms with Gasteiger partial charge >= 0.3 is 0 Å². The zero-order valence-corrected chi connectivity index (χ0v) is 15.9. The van der Waals surface area contributed by atoms with Gasteiger partial charge in [0, 0.05) is 13.2 Å². The number of ether oxygens (including phenoxy) is 2. The van der Waals surface area contributed by atoms with E-state index in [1.54, 1.807) is 0 Å². The van der Waals surface area contributed by atoms with Crippen LogP contribution in [0.5, 0.6) is 5.75 Å². The van der Waals surface area contributed by atoms with Gasteiger partial charge in [0.1, 0.15) is 12.4 Å². The van der Waals surface area contributed by atoms with Gasteiger partial charge in [-0.1, -0.05) is 19.1 Å². The fourth-order valence-electron chi connectivity index (χ4n) is 3.62. The van der Waals surface area contributed by atoms with Crippen molar-refractivity contribution in [1.29, 1.82) is 0 Å². The minimum Gasteiger partial charge on any atom is -0.490 e. The number of piperidine rings is 1. The topological polar surface area (TPSA) is 50.8 Å². The summed E-state index contributed by atoms with van der Waals surface area (Å²) in [6.45, 7) is 7.79. The van der Waals surface area contributed by atoms with Crippen molar-refractivity contribution >= 4 is 5.91 Å². The summed E-state index contributed by atoms with van der Waals surface area (Å²) >= 11 is 0. The fourth-order valence-corrected chi connectivity index (χ4v) is 3.62. The molecule has 5 heteroatoms. The minimum absolute atomic E-state index is 0.0554. The first-order chi connectivity index (χ1) is 12.7. The third-order valence-corrected chi connectivity index (χ3v) is 5.39. The molecule has 2 aliphatic heterocycles. The summed E-state index contributed by atoms with van der Waals surface area (Å²) in [5.41, 5.74) is 0.609. The van der Waals surface area contributed by atoms with E-state index in [9.17, 15) is 4.79 Å². The van der Waals surface area contributed by atoms with Gasteiger partial charge in [0.15, 0.2) is 0 Å². The quantitative estimate of drug-likeness (QED) is 0.724. The number of carbonyl (C=O) groups excluding carboxylic acids is 1. The van der Waals surface area contributed by atoms with Crippen LogP contribution in [0.2, 0.25) is 0 Å². The fraction of sp³-hybridized carbons (Fsp3) is 0.667. The average molecular weight is 360 g/mol. The molecule has 2 aliphatic rings. The smallest absolute Gasteiger partial charge is 0.255 e. The van der Waals surface area contributed by atoms with E-state index in [4.69, 9.17) is 9.47 Å². The Balaban J connectivity index is 1.41. The maximum Gasteiger partial charge on any atom is 0.255 e. The first-order valence-corrected chi connectivity index (χ1v) is 10.1. The van der Waals surface area contributed by atoms with Crippen molar-refractivity contribution < 1.29 is 14.3 Å². The molecular formula is C21H32N2O3. The Hall–Kier alpha value is -1.59. The number of likely N-dealkylation sites (tertiary alicyclic amines) is 1. The van der Waals surface area contributed by atoms with Gasteiger partial charge in [-0.3, -0.25) is 4.79 Å². The van der Waals surface area contributed by atoms with Gasteiger partial charge in [-0.05, 0) is 69.8 Å². The molecule has 0 spiro atoms. The van der Waals surface area contributed by atoms with Crippen LogP contribution in [0.15, 0.2) is 24.3 Å². The van der Waals surface area contributed by atoms with E-state index in [0.717, 1.165) is 38.3 Å². The molecular weight excluding hydrogens is 328 g/mol. The van der Waals surface area contributed by atoms with Crippen molar-refractivity contribution in [3.05, 3.63) is 29.8 Å². The molecule has 26 heavy (non-hydrogen) atoms. The first-order valence-electron chi connectivity index (χ1n) is 10.1. The number of rotatable bonds is 8. The molecule has 1 aromatic carbocycles. The van der Waals surface area contributed by atoms with E-state index in [1.165, 1.54) is 25.9 Å². The lowest BCUT2D eigenvalue weighted by atomic mass is 9.99. The van der Waals surface area contributed by atoms with E-state index >= 15 is 0 Å². The molecule has 3 rings (SSSR count). The maximum absolute atomic E-state index is 12.5. The highest BCUT2D eigenvalue weighted by Gasteiger charge is 2.18. The van der Waals surface area contributed by atoms with E-state index in [1.807, 2.05) is 24.3 Å². The van der Waals surface area contributed by atoms with E-state index in [-0.39, 0.29) is 12.0 Å². The van der Waals surface area contributed by atoms with Crippen molar-refractivity contribution in [2.24, 2.45) is 5.92 Å². The summed E-state index contributed by atoms with van der Waals surface area (Å²) in [5, 5.41) is 3.04. The summed E-state index contributed by atoms with van der Waals surface area (Å²) in [6, 6.07) is 7.46. The standard InChI is InChI=1S/C21H32N2O3/c1-17-9-13-23(14-10-17)12-5-11-22-21(24)19-7-2-3-8-20(19)26-16-18-6-4-15-25-18/h2-3,7-8,17-18H,4-6,9-16H2,1H3,(H,22,24). The van der Waals surface area contributed by atoms with Gasteiger partial charge in [0.2, 0.25) is 0 Å². The van der Waals surface area contributed by atoms with Crippen LogP contribution in [0, 0.1) is 5.92 Å². The van der Waals surface area contributed by atoms with Crippen LogP contribution in [0.4, 0.5) is 0 Å². The molecule has 144 valence electrons. The molecule has 1 unspecified atom stereocenters. The predicted molar refractivity (Wildman–Crippen MR) is 103 cm³/mol. The number of nitrogens with zero attached hydrogens (tertiary/aromatic N) is 1. The van der Waals surface area contributed by atoms with Crippen LogP contribution in [-0.4, -0.2) is 56.3 Å². The Morgan fingerprint density at radius 3 is 2.85 bits per heavy atom. The minimum atomic E-state index is -0.0554. The largest absolute Gasteiger partial charge is 0.490 e. The summed E-state index contributed by atoms with van der Waals surface area (Å²) in [4.78, 5) is 15.0. The summed E-state index contributed by atoms with van der Waals surface area (Å²) in [6.07, 6.45) is 5.84. The highest BCUT2D eigenvalue weighted by molar-refractivity contribution is 5.96. The monoisotopic (exact) mass is 360 g/mol. The second-order valence-electron chi connectivity index (χ2n) is 7.58. The van der Waals surface area contributed by atoms with E-state index in [2.05, 4.69) is 17.1 Å². The molecule has 1 aromatic rings. The SMILES string of the molecule is CC1CCN(CCCNC(=O)c2ccccc2OCC2CCCO2)CC1. The van der Waals surface area contributed by atoms with Gasteiger partial charge in [0.25, 0.3) is 5.91 Å². The lowest BCUT2D eigenvalue weighted by Gasteiger charge is -2.30. The van der Waals surface area contributed by atoms with Crippen molar-refractivity contribution in [3.63, 3.8) is 0 Å². The normalized spacial score (nSPS) is 21.7. The van der Waals surface area contributed by atoms with Crippen LogP contribution in [-0.2, 0) is 4.74 Å². The van der Waals surface area contributed by atoms with Crippen molar-refractivity contribution in [2.75, 3.05) is 39.4 Å². The van der Waals surface area contributed by atoms with Crippen LogP contribution in [0.1, 0.15) is 49.4 Å². The van der Waals surface area contributed by atoms with Crippen LogP contribution < -0.4 is 10.1 Å². The predicted octanol–water partition coefficient (Wildman–Crippen LogP) is 3.10. The Bertz CT molecular complexity index is 564. The number of benzene rings is 1. The molecule has 0 radical (unpaired) electrons. The Kier molecular flexibility index (Phi) is 7.32. The summed E-state index contributed by atoms with van der Waals surface area (Å²) in [7, 11) is 0. The molecule has 2 saturated heterocycles. The van der Waals surface area contributed by atoms with Gasteiger partial charge in [0.05, 0.1) is 11.7 Å². The molecule has 1 atom stereocenters. The van der Waals surface area contributed by atoms with Crippen molar-refractivity contribution in [3.8, 4) is 5.75 Å². The van der Waals surface area contributed by atoms with E-state index in [0.29, 0.717) is 24.5 Å². The molecule has 0 bridgehead atoms. The molecule has 0 saturated carbocycles. The van der Waals surface area contributed by atoms with Crippen molar-refractivity contribution in [1.82, 2.24) is 10.2 Å². The second kappa shape index (κ2) is 9.93. The van der Waals surface area contributed by atoms with E-state index < -0.39 is 0 Å². The molecule has 2 fully saturated rings. The molecule has 1 amide bonds. The number of carbonyl (C=O) groups is 1. The molecule has 2 heterocycles. The molecule has 5 nitrogen and oxygen atoms in total. The zero-order valence-electron chi connectivity index (χ0n) is 15.9. The summed E-state index contributed by atoms with van der Waals surface area (Å²) < 4.78 is 11.4. The maximum atomic E-state index is 12.5. The lowest BCUT2D eigenvalue weighted by molar-refractivity contribution is 0.0670. The third-order valence-electron chi connectivity index (χ3n) is 5.39. The Morgan fingerprint density at radius 2 is 2.08 bits per heavy atom. The van der Waals surface area contributed by atoms with Gasteiger partial charge in [-0.2, -0.15) is 0 Å². The third kappa shape index (κ3) is 5.71. The lowest BCUT2D eigenvalue weighted by Crippen LogP contribution is -2.35. The van der Waals surface area contributed by atoms with Crippen LogP contribution in [0.25, 0.3) is 0 Å². The Morgan fingerprint density at radius 1 is 1.27 bits per heavy atom. The van der Waals surface area contributed by atoms with Crippen LogP contribution >= 0.6 is 0 Å². The number of hydrogen-bond donors (Lipinski definition) is 1. The van der Waals surface area contributed by atoms with Gasteiger partial charge in [-0.25, -0.2) is 0 Å². The van der Waals surface area contributed by atoms with Gasteiger partial charge < -0.3 is 19.7 Å². The highest BCUT2D eigenvalue weighted by Crippen LogP contribution is 2.20. The number of hydrogen-bond acceptors (Lipinski definition) is 4. The molecule has 1 N–H and O–H groups in total. The second-order valence-corrected chi connectivity index (χ2v) is 7.58. The zero-order chi connectivity index (χ0) is 18.2. The average Bonchev–Trinajstić information content (AvgIpc) is 3.19. The molecule has 0 aliphatic carbocycles. The number of nitrogens with one attached hydrogen (secondary N) is 1. The highest BCUT2D eigenvalue weighted by atomic mass is 16.5. The number of amides is 1. The van der Waals surface area contributed by atoms with Crippen LogP contribution in [0.3, 0.4) is 0 Å². The Labute approximate surface area is 157 Å². The molecule has 0 aromatic heterocycles. The van der Waals surface area contributed by atoms with Crippen molar-refractivity contribution in [2.45, 2.75) is 45.1 Å². The number of para-hydroxylation sites is 1. The summed E-state index contributed by atoms with van der Waals surface area (Å²) in [5.74, 6) is 1.45. The first kappa shape index (κ1) is 19.2. The van der Waals surface area contributed by atoms with Gasteiger partial charge in [-0.15, -0.1) is 0 Å².